The first kappa shape index (κ1) is 19.3. The normalized spacial score (nSPS) is 16.2. The lowest BCUT2D eigenvalue weighted by molar-refractivity contribution is 0.0291. The van der Waals surface area contributed by atoms with Gasteiger partial charge in [-0.2, -0.15) is 0 Å². The predicted octanol–water partition coefficient (Wildman–Crippen LogP) is 2.15. The molecule has 0 aliphatic carbocycles. The Morgan fingerprint density at radius 2 is 1.76 bits per heavy atom. The molecule has 4 rings (SSSR count). The Morgan fingerprint density at radius 1 is 1.03 bits per heavy atom. The number of ketones is 1. The highest BCUT2D eigenvalue weighted by molar-refractivity contribution is 6.05. The summed E-state index contributed by atoms with van der Waals surface area (Å²) in [6.45, 7) is 4.29. The summed E-state index contributed by atoms with van der Waals surface area (Å²) in [7, 11) is 0. The Bertz CT molecular complexity index is 942. The molecular weight excluding hydrogens is 372 g/mol. The zero-order valence-electron chi connectivity index (χ0n) is 16.4. The van der Waals surface area contributed by atoms with Gasteiger partial charge in [-0.05, 0) is 50.5 Å². The Labute approximate surface area is 168 Å². The molecule has 0 radical (unpaired) electrons. The van der Waals surface area contributed by atoms with Gasteiger partial charge in [0.25, 0.3) is 11.8 Å². The van der Waals surface area contributed by atoms with E-state index in [0.29, 0.717) is 55.6 Å². The summed E-state index contributed by atoms with van der Waals surface area (Å²) in [4.78, 5) is 43.5. The molecule has 1 aromatic carbocycles. The highest BCUT2D eigenvalue weighted by Crippen LogP contribution is 2.23. The van der Waals surface area contributed by atoms with E-state index in [4.69, 9.17) is 4.74 Å². The third-order valence-corrected chi connectivity index (χ3v) is 5.37. The van der Waals surface area contributed by atoms with Crippen molar-refractivity contribution in [1.82, 2.24) is 14.5 Å². The van der Waals surface area contributed by atoms with Crippen LogP contribution < -0.4 is 5.32 Å². The van der Waals surface area contributed by atoms with E-state index in [2.05, 4.69) is 10.3 Å². The molecule has 3 heterocycles. The standard InChI is InChI=1S/C21H24N4O4/c1-14(26)15-5-7-16(8-6-15)22-20(27)18-17-4-2-3-9-25(17)19(23-18)21(28)24-10-12-29-13-11-24/h5-8H,2-4,9-13H2,1H3,(H,22,27). The number of morpholine rings is 1. The van der Waals surface area contributed by atoms with Gasteiger partial charge in [0.05, 0.1) is 18.9 Å². The lowest BCUT2D eigenvalue weighted by atomic mass is 10.1. The minimum absolute atomic E-state index is 0.0303. The summed E-state index contributed by atoms with van der Waals surface area (Å²) < 4.78 is 7.22. The fourth-order valence-electron chi connectivity index (χ4n) is 3.77. The second-order valence-electron chi connectivity index (χ2n) is 7.33. The number of anilines is 1. The van der Waals surface area contributed by atoms with Crippen LogP contribution in [-0.4, -0.2) is 58.4 Å². The van der Waals surface area contributed by atoms with Crippen LogP contribution in [0.1, 0.15) is 56.9 Å². The van der Waals surface area contributed by atoms with Gasteiger partial charge in [0.2, 0.25) is 0 Å². The summed E-state index contributed by atoms with van der Waals surface area (Å²) in [5, 5.41) is 2.84. The summed E-state index contributed by atoms with van der Waals surface area (Å²) in [6, 6.07) is 6.73. The number of rotatable bonds is 4. The lowest BCUT2D eigenvalue weighted by Gasteiger charge is -2.27. The molecule has 1 saturated heterocycles. The SMILES string of the molecule is CC(=O)c1ccc(NC(=O)c2nc(C(=O)N3CCOCC3)n3c2CCCC3)cc1. The van der Waals surface area contributed by atoms with E-state index in [1.807, 2.05) is 4.57 Å². The van der Waals surface area contributed by atoms with Crippen LogP contribution in [0.4, 0.5) is 5.69 Å². The van der Waals surface area contributed by atoms with E-state index < -0.39 is 0 Å². The number of amides is 2. The van der Waals surface area contributed by atoms with Crippen molar-refractivity contribution in [2.45, 2.75) is 32.7 Å². The number of benzene rings is 1. The third-order valence-electron chi connectivity index (χ3n) is 5.37. The fraction of sp³-hybridized carbons (Fsp3) is 0.429. The van der Waals surface area contributed by atoms with E-state index in [1.165, 1.54) is 6.92 Å². The van der Waals surface area contributed by atoms with Gasteiger partial charge < -0.3 is 19.5 Å². The first-order chi connectivity index (χ1) is 14.0. The van der Waals surface area contributed by atoms with Crippen molar-refractivity contribution in [2.75, 3.05) is 31.6 Å². The minimum atomic E-state index is -0.341. The fourth-order valence-corrected chi connectivity index (χ4v) is 3.77. The Kier molecular flexibility index (Phi) is 5.44. The molecule has 0 saturated carbocycles. The predicted molar refractivity (Wildman–Crippen MR) is 106 cm³/mol. The monoisotopic (exact) mass is 396 g/mol. The number of aromatic nitrogens is 2. The van der Waals surface area contributed by atoms with Crippen LogP contribution in [0.15, 0.2) is 24.3 Å². The van der Waals surface area contributed by atoms with Gasteiger partial charge in [0, 0.05) is 30.9 Å². The molecule has 8 nitrogen and oxygen atoms in total. The van der Waals surface area contributed by atoms with Crippen LogP contribution in [0.3, 0.4) is 0 Å². The first-order valence-electron chi connectivity index (χ1n) is 9.93. The van der Waals surface area contributed by atoms with Gasteiger partial charge in [-0.3, -0.25) is 14.4 Å². The maximum absolute atomic E-state index is 13.0. The van der Waals surface area contributed by atoms with Crippen molar-refractivity contribution in [2.24, 2.45) is 0 Å². The maximum atomic E-state index is 13.0. The van der Waals surface area contributed by atoms with Crippen LogP contribution >= 0.6 is 0 Å². The highest BCUT2D eigenvalue weighted by atomic mass is 16.5. The number of carbonyl (C=O) groups is 3. The van der Waals surface area contributed by atoms with Crippen molar-refractivity contribution in [1.29, 1.82) is 0 Å². The molecule has 152 valence electrons. The molecular formula is C21H24N4O4. The number of ether oxygens (including phenoxy) is 1. The zero-order valence-corrected chi connectivity index (χ0v) is 16.4. The average molecular weight is 396 g/mol. The van der Waals surface area contributed by atoms with E-state index >= 15 is 0 Å². The summed E-state index contributed by atoms with van der Waals surface area (Å²) >= 11 is 0. The first-order valence-corrected chi connectivity index (χ1v) is 9.93. The van der Waals surface area contributed by atoms with E-state index in [-0.39, 0.29) is 17.6 Å². The minimum Gasteiger partial charge on any atom is -0.378 e. The number of hydrogen-bond acceptors (Lipinski definition) is 5. The number of imidazole rings is 1. The molecule has 1 aromatic heterocycles. The van der Waals surface area contributed by atoms with Crippen molar-refractivity contribution in [3.05, 3.63) is 47.0 Å². The van der Waals surface area contributed by atoms with Crippen molar-refractivity contribution in [3.8, 4) is 0 Å². The van der Waals surface area contributed by atoms with Crippen LogP contribution in [0.2, 0.25) is 0 Å². The molecule has 1 fully saturated rings. The van der Waals surface area contributed by atoms with Gasteiger partial charge in [-0.25, -0.2) is 4.98 Å². The Morgan fingerprint density at radius 3 is 2.45 bits per heavy atom. The van der Waals surface area contributed by atoms with Gasteiger partial charge in [-0.1, -0.05) is 0 Å². The topological polar surface area (TPSA) is 93.5 Å². The van der Waals surface area contributed by atoms with Gasteiger partial charge in [-0.15, -0.1) is 0 Å². The molecule has 0 spiro atoms. The van der Waals surface area contributed by atoms with Gasteiger partial charge >= 0.3 is 0 Å². The van der Waals surface area contributed by atoms with Crippen molar-refractivity contribution in [3.63, 3.8) is 0 Å². The number of Topliss-reactive ketones (excluding diaryl/α,β-unsaturated/α-hetero) is 1. The number of carbonyl (C=O) groups excluding carboxylic acids is 3. The number of hydrogen-bond donors (Lipinski definition) is 1. The van der Waals surface area contributed by atoms with E-state index in [9.17, 15) is 14.4 Å². The summed E-state index contributed by atoms with van der Waals surface area (Å²) in [5.41, 5.74) is 2.28. The summed E-state index contributed by atoms with van der Waals surface area (Å²) in [5.74, 6) is -0.190. The van der Waals surface area contributed by atoms with Gasteiger partial charge in [0.15, 0.2) is 17.3 Å². The van der Waals surface area contributed by atoms with Crippen LogP contribution in [0.5, 0.6) is 0 Å². The second kappa shape index (κ2) is 8.16. The zero-order chi connectivity index (χ0) is 20.4. The highest BCUT2D eigenvalue weighted by Gasteiger charge is 2.30. The van der Waals surface area contributed by atoms with Crippen molar-refractivity contribution < 1.29 is 19.1 Å². The van der Waals surface area contributed by atoms with Crippen LogP contribution in [0.25, 0.3) is 0 Å². The largest absolute Gasteiger partial charge is 0.378 e. The maximum Gasteiger partial charge on any atom is 0.290 e. The van der Waals surface area contributed by atoms with Gasteiger partial charge in [0.1, 0.15) is 0 Å². The van der Waals surface area contributed by atoms with E-state index in [0.717, 1.165) is 25.0 Å². The third kappa shape index (κ3) is 3.93. The molecule has 0 unspecified atom stereocenters. The molecule has 8 heteroatoms. The molecule has 0 bridgehead atoms. The molecule has 2 aliphatic heterocycles. The van der Waals surface area contributed by atoms with Crippen LogP contribution in [0, 0.1) is 0 Å². The average Bonchev–Trinajstić information content (AvgIpc) is 3.14. The molecule has 2 amide bonds. The Hall–Kier alpha value is -3.00. The number of nitrogens with zero attached hydrogens (tertiary/aromatic N) is 3. The van der Waals surface area contributed by atoms with Crippen LogP contribution in [-0.2, 0) is 17.7 Å². The Balaban J connectivity index is 1.59. The van der Waals surface area contributed by atoms with E-state index in [1.54, 1.807) is 29.2 Å². The molecule has 0 atom stereocenters. The lowest BCUT2D eigenvalue weighted by Crippen LogP contribution is -2.42. The smallest absolute Gasteiger partial charge is 0.290 e. The summed E-state index contributed by atoms with van der Waals surface area (Å²) in [6.07, 6.45) is 2.64. The molecule has 1 N–H and O–H groups in total. The molecule has 2 aromatic rings. The number of fused-ring (bicyclic) bond motifs is 1. The molecule has 2 aliphatic rings. The number of nitrogens with one attached hydrogen (secondary N) is 1. The quantitative estimate of drug-likeness (QED) is 0.800. The molecule has 29 heavy (non-hydrogen) atoms. The second-order valence-corrected chi connectivity index (χ2v) is 7.33. The van der Waals surface area contributed by atoms with Crippen molar-refractivity contribution >= 4 is 23.3 Å².